The highest BCUT2D eigenvalue weighted by Crippen LogP contribution is 2.18. The molecule has 0 bridgehead atoms. The smallest absolute Gasteiger partial charge is 0.0900 e. The molecule has 1 aromatic heterocycles. The van der Waals surface area contributed by atoms with Gasteiger partial charge in [-0.15, -0.1) is 11.3 Å². The van der Waals surface area contributed by atoms with Gasteiger partial charge in [0.25, 0.3) is 0 Å². The predicted molar refractivity (Wildman–Crippen MR) is 73.3 cm³/mol. The molecule has 1 atom stereocenters. The number of nitrogens with one attached hydrogen (secondary N) is 1. The van der Waals surface area contributed by atoms with Gasteiger partial charge >= 0.3 is 0 Å². The van der Waals surface area contributed by atoms with Gasteiger partial charge in [0.1, 0.15) is 0 Å². The summed E-state index contributed by atoms with van der Waals surface area (Å²) >= 11 is 1.78. The van der Waals surface area contributed by atoms with Gasteiger partial charge in [-0.05, 0) is 26.3 Å². The highest BCUT2D eigenvalue weighted by molar-refractivity contribution is 7.11. The molecule has 0 spiro atoms. The average molecular weight is 246 g/mol. The second kappa shape index (κ2) is 5.43. The van der Waals surface area contributed by atoms with E-state index >= 15 is 0 Å². The van der Waals surface area contributed by atoms with Crippen LogP contribution in [0, 0.1) is 13.8 Å². The Balaban J connectivity index is 1.97. The number of hydrogen-bond acceptors (Lipinski definition) is 3. The second-order valence-electron chi connectivity index (χ2n) is 4.25. The molecule has 0 saturated carbocycles. The minimum absolute atomic E-state index is 0.373. The maximum atomic E-state index is 4.44. The summed E-state index contributed by atoms with van der Waals surface area (Å²) in [6, 6.07) is 10.9. The van der Waals surface area contributed by atoms with Crippen LogP contribution in [0.2, 0.25) is 0 Å². The molecule has 0 unspecified atom stereocenters. The summed E-state index contributed by atoms with van der Waals surface area (Å²) in [6.45, 7) is 7.22. The molecular weight excluding hydrogens is 228 g/mol. The topological polar surface area (TPSA) is 24.9 Å². The Kier molecular flexibility index (Phi) is 3.92. The van der Waals surface area contributed by atoms with E-state index < -0.39 is 0 Å². The zero-order valence-corrected chi connectivity index (χ0v) is 11.3. The van der Waals surface area contributed by atoms with Crippen molar-refractivity contribution in [2.75, 3.05) is 0 Å². The standard InChI is InChI=1S/C14H18N2S/c1-10(13-7-5-4-6-8-13)15-9-14-11(2)16-12(3)17-14/h4-8,10,15H,9H2,1-3H3/t10-/m1/s1. The Morgan fingerprint density at radius 3 is 2.53 bits per heavy atom. The number of hydrogen-bond donors (Lipinski definition) is 1. The summed E-state index contributed by atoms with van der Waals surface area (Å²) in [6.07, 6.45) is 0. The lowest BCUT2D eigenvalue weighted by molar-refractivity contribution is 0.577. The number of aromatic nitrogens is 1. The number of aryl methyl sites for hydroxylation is 2. The predicted octanol–water partition coefficient (Wildman–Crippen LogP) is 3.61. The fourth-order valence-electron chi connectivity index (χ4n) is 1.84. The van der Waals surface area contributed by atoms with Crippen molar-refractivity contribution in [1.82, 2.24) is 10.3 Å². The summed E-state index contributed by atoms with van der Waals surface area (Å²) in [5.74, 6) is 0. The monoisotopic (exact) mass is 246 g/mol. The molecule has 2 nitrogen and oxygen atoms in total. The molecule has 0 radical (unpaired) electrons. The Morgan fingerprint density at radius 1 is 1.24 bits per heavy atom. The van der Waals surface area contributed by atoms with Crippen molar-refractivity contribution in [3.05, 3.63) is 51.5 Å². The molecule has 0 aliphatic carbocycles. The maximum Gasteiger partial charge on any atom is 0.0900 e. The minimum Gasteiger partial charge on any atom is -0.305 e. The number of benzene rings is 1. The highest BCUT2D eigenvalue weighted by atomic mass is 32.1. The van der Waals surface area contributed by atoms with E-state index in [0.717, 1.165) is 17.2 Å². The molecule has 1 heterocycles. The first kappa shape index (κ1) is 12.3. The van der Waals surface area contributed by atoms with E-state index in [1.807, 2.05) is 6.07 Å². The first-order chi connectivity index (χ1) is 8.16. The molecule has 1 N–H and O–H groups in total. The molecule has 0 aliphatic rings. The first-order valence-corrected chi connectivity index (χ1v) is 6.69. The third-order valence-electron chi connectivity index (χ3n) is 2.87. The van der Waals surface area contributed by atoms with Crippen molar-refractivity contribution in [3.8, 4) is 0 Å². The van der Waals surface area contributed by atoms with E-state index in [1.54, 1.807) is 11.3 Å². The molecule has 2 aromatic rings. The van der Waals surface area contributed by atoms with E-state index in [9.17, 15) is 0 Å². The van der Waals surface area contributed by atoms with Crippen molar-refractivity contribution in [2.45, 2.75) is 33.4 Å². The largest absolute Gasteiger partial charge is 0.305 e. The first-order valence-electron chi connectivity index (χ1n) is 5.88. The lowest BCUT2D eigenvalue weighted by Gasteiger charge is -2.13. The second-order valence-corrected chi connectivity index (χ2v) is 5.54. The summed E-state index contributed by atoms with van der Waals surface area (Å²) in [5.41, 5.74) is 2.48. The van der Waals surface area contributed by atoms with E-state index in [1.165, 1.54) is 10.4 Å². The van der Waals surface area contributed by atoms with Crippen molar-refractivity contribution in [1.29, 1.82) is 0 Å². The average Bonchev–Trinajstić information content (AvgIpc) is 2.66. The molecule has 2 rings (SSSR count). The third-order valence-corrected chi connectivity index (χ3v) is 3.94. The Labute approximate surface area is 107 Å². The molecule has 0 saturated heterocycles. The molecule has 0 aliphatic heterocycles. The lowest BCUT2D eigenvalue weighted by atomic mass is 10.1. The van der Waals surface area contributed by atoms with Gasteiger partial charge in [-0.25, -0.2) is 4.98 Å². The zero-order chi connectivity index (χ0) is 12.3. The van der Waals surface area contributed by atoms with Crippen LogP contribution in [-0.2, 0) is 6.54 Å². The van der Waals surface area contributed by atoms with Crippen LogP contribution in [-0.4, -0.2) is 4.98 Å². The van der Waals surface area contributed by atoms with E-state index in [2.05, 4.69) is 55.3 Å². The Morgan fingerprint density at radius 2 is 1.94 bits per heavy atom. The summed E-state index contributed by atoms with van der Waals surface area (Å²) in [7, 11) is 0. The van der Waals surface area contributed by atoms with Crippen molar-refractivity contribution in [2.24, 2.45) is 0 Å². The van der Waals surface area contributed by atoms with Gasteiger partial charge in [-0.2, -0.15) is 0 Å². The molecule has 90 valence electrons. The van der Waals surface area contributed by atoms with Gasteiger partial charge in [0, 0.05) is 17.5 Å². The molecule has 0 amide bonds. The van der Waals surface area contributed by atoms with Crippen LogP contribution < -0.4 is 5.32 Å². The fourth-order valence-corrected chi connectivity index (χ4v) is 2.73. The van der Waals surface area contributed by atoms with Crippen molar-refractivity contribution in [3.63, 3.8) is 0 Å². The van der Waals surface area contributed by atoms with Crippen molar-refractivity contribution >= 4 is 11.3 Å². The van der Waals surface area contributed by atoms with Gasteiger partial charge in [-0.1, -0.05) is 30.3 Å². The Hall–Kier alpha value is -1.19. The van der Waals surface area contributed by atoms with Gasteiger partial charge in [-0.3, -0.25) is 0 Å². The molecular formula is C14H18N2S. The number of rotatable bonds is 4. The van der Waals surface area contributed by atoms with Crippen LogP contribution in [0.15, 0.2) is 30.3 Å². The van der Waals surface area contributed by atoms with Crippen molar-refractivity contribution < 1.29 is 0 Å². The van der Waals surface area contributed by atoms with Gasteiger partial charge in [0.15, 0.2) is 0 Å². The summed E-state index contributed by atoms with van der Waals surface area (Å²) in [5, 5.41) is 4.68. The maximum absolute atomic E-state index is 4.44. The molecule has 0 fully saturated rings. The van der Waals surface area contributed by atoms with Crippen LogP contribution in [0.3, 0.4) is 0 Å². The molecule has 1 aromatic carbocycles. The highest BCUT2D eigenvalue weighted by Gasteiger charge is 2.07. The van der Waals surface area contributed by atoms with Crippen LogP contribution in [0.4, 0.5) is 0 Å². The minimum atomic E-state index is 0.373. The summed E-state index contributed by atoms with van der Waals surface area (Å²) in [4.78, 5) is 5.78. The lowest BCUT2D eigenvalue weighted by Crippen LogP contribution is -2.17. The Bertz CT molecular complexity index is 476. The fraction of sp³-hybridized carbons (Fsp3) is 0.357. The summed E-state index contributed by atoms with van der Waals surface area (Å²) < 4.78 is 0. The van der Waals surface area contributed by atoms with Crippen LogP contribution in [0.1, 0.15) is 34.1 Å². The molecule has 3 heteroatoms. The van der Waals surface area contributed by atoms with Gasteiger partial charge in [0.05, 0.1) is 10.7 Å². The van der Waals surface area contributed by atoms with Crippen LogP contribution in [0.25, 0.3) is 0 Å². The van der Waals surface area contributed by atoms with Crippen LogP contribution >= 0.6 is 11.3 Å². The van der Waals surface area contributed by atoms with Gasteiger partial charge < -0.3 is 5.32 Å². The van der Waals surface area contributed by atoms with E-state index in [4.69, 9.17) is 0 Å². The van der Waals surface area contributed by atoms with E-state index in [0.29, 0.717) is 6.04 Å². The van der Waals surface area contributed by atoms with Crippen LogP contribution in [0.5, 0.6) is 0 Å². The van der Waals surface area contributed by atoms with E-state index in [-0.39, 0.29) is 0 Å². The zero-order valence-electron chi connectivity index (χ0n) is 10.5. The molecule has 17 heavy (non-hydrogen) atoms. The third kappa shape index (κ3) is 3.14. The normalized spacial score (nSPS) is 12.6. The van der Waals surface area contributed by atoms with Gasteiger partial charge in [0.2, 0.25) is 0 Å². The number of nitrogens with zero attached hydrogens (tertiary/aromatic N) is 1. The SMILES string of the molecule is Cc1nc(C)c(CN[C@H](C)c2ccccc2)s1. The quantitative estimate of drug-likeness (QED) is 0.891. The number of thiazole rings is 1.